The molecule has 18 heavy (non-hydrogen) atoms. The molecular weight excluding hydrogens is 234 g/mol. The molecule has 0 aromatic carbocycles. The Morgan fingerprint density at radius 1 is 1.17 bits per heavy atom. The van der Waals surface area contributed by atoms with Crippen LogP contribution in [0.15, 0.2) is 23.4 Å². The highest BCUT2D eigenvalue weighted by molar-refractivity contribution is 6.15. The Hall–Kier alpha value is -1.78. The number of likely N-dealkylation sites (tertiary alicyclic amines) is 1. The number of hydrogen-bond donors (Lipinski definition) is 0. The first kappa shape index (κ1) is 12.7. The molecule has 2 aliphatic heterocycles. The second-order valence-corrected chi connectivity index (χ2v) is 4.94. The van der Waals surface area contributed by atoms with Crippen molar-refractivity contribution in [3.05, 3.63) is 23.4 Å². The number of nitrogens with zero attached hydrogens (tertiary/aromatic N) is 1. The lowest BCUT2D eigenvalue weighted by Gasteiger charge is -2.29. The summed E-state index contributed by atoms with van der Waals surface area (Å²) in [6.45, 7) is 4.06. The molecule has 0 unspecified atom stereocenters. The van der Waals surface area contributed by atoms with Crippen LogP contribution in [0, 0.1) is 0 Å². The lowest BCUT2D eigenvalue weighted by atomic mass is 10.2. The van der Waals surface area contributed by atoms with Crippen LogP contribution in [0.4, 0.5) is 0 Å². The second-order valence-electron chi connectivity index (χ2n) is 4.94. The molecular formula is C13H17NO4. The van der Waals surface area contributed by atoms with Gasteiger partial charge in [-0.25, -0.2) is 9.59 Å². The highest BCUT2D eigenvalue weighted by Gasteiger charge is 2.38. The Balaban J connectivity index is 2.18. The molecule has 98 valence electrons. The highest BCUT2D eigenvalue weighted by Crippen LogP contribution is 2.24. The van der Waals surface area contributed by atoms with Crippen LogP contribution in [0.3, 0.4) is 0 Å². The molecule has 0 bridgehead atoms. The van der Waals surface area contributed by atoms with Crippen molar-refractivity contribution >= 4 is 11.9 Å². The van der Waals surface area contributed by atoms with Crippen molar-refractivity contribution in [2.24, 2.45) is 0 Å². The average molecular weight is 251 g/mol. The summed E-state index contributed by atoms with van der Waals surface area (Å²) in [5.41, 5.74) is 1.05. The third-order valence-corrected chi connectivity index (χ3v) is 2.98. The molecule has 5 heteroatoms. The van der Waals surface area contributed by atoms with E-state index in [-0.39, 0.29) is 5.57 Å². The van der Waals surface area contributed by atoms with Crippen LogP contribution < -0.4 is 0 Å². The summed E-state index contributed by atoms with van der Waals surface area (Å²) in [6.07, 6.45) is 5.31. The number of carbonyl (C=O) groups is 2. The molecule has 0 aromatic rings. The van der Waals surface area contributed by atoms with E-state index in [0.717, 1.165) is 25.1 Å². The van der Waals surface area contributed by atoms with Crippen molar-refractivity contribution in [1.82, 2.24) is 4.90 Å². The number of carbonyl (C=O) groups excluding carboxylic acids is 2. The molecule has 0 spiro atoms. The maximum atomic E-state index is 11.7. The first-order chi connectivity index (χ1) is 8.39. The van der Waals surface area contributed by atoms with Gasteiger partial charge in [-0.3, -0.25) is 0 Å². The van der Waals surface area contributed by atoms with Crippen molar-refractivity contribution in [3.63, 3.8) is 0 Å². The zero-order valence-corrected chi connectivity index (χ0v) is 10.9. The van der Waals surface area contributed by atoms with Crippen LogP contribution in [0.2, 0.25) is 0 Å². The van der Waals surface area contributed by atoms with Gasteiger partial charge < -0.3 is 14.4 Å². The number of ether oxygens (including phenoxy) is 2. The minimum Gasteiger partial charge on any atom is -0.419 e. The Morgan fingerprint density at radius 2 is 1.78 bits per heavy atom. The van der Waals surface area contributed by atoms with Crippen LogP contribution in [-0.2, 0) is 19.1 Å². The van der Waals surface area contributed by atoms with Crippen LogP contribution in [-0.4, -0.2) is 36.2 Å². The minimum atomic E-state index is -1.18. The van der Waals surface area contributed by atoms with Crippen LogP contribution in [0.5, 0.6) is 0 Å². The fourth-order valence-corrected chi connectivity index (χ4v) is 2.02. The Morgan fingerprint density at radius 3 is 2.28 bits per heavy atom. The van der Waals surface area contributed by atoms with Gasteiger partial charge in [0.1, 0.15) is 5.57 Å². The summed E-state index contributed by atoms with van der Waals surface area (Å²) >= 11 is 0. The maximum Gasteiger partial charge on any atom is 0.348 e. The van der Waals surface area contributed by atoms with E-state index in [1.165, 1.54) is 19.9 Å². The van der Waals surface area contributed by atoms with Crippen molar-refractivity contribution in [3.8, 4) is 0 Å². The molecule has 0 amide bonds. The largest absolute Gasteiger partial charge is 0.419 e. The monoisotopic (exact) mass is 251 g/mol. The van der Waals surface area contributed by atoms with Gasteiger partial charge in [-0.05, 0) is 25.0 Å². The summed E-state index contributed by atoms with van der Waals surface area (Å²) < 4.78 is 10.0. The SMILES string of the molecule is CN1CCC/C1=C/C=C1C(=O)OC(C)(C)OC1=O. The zero-order valence-electron chi connectivity index (χ0n) is 10.9. The van der Waals surface area contributed by atoms with Crippen LogP contribution in [0.25, 0.3) is 0 Å². The number of rotatable bonds is 1. The molecule has 0 N–H and O–H groups in total. The summed E-state index contributed by atoms with van der Waals surface area (Å²) in [5, 5.41) is 0. The highest BCUT2D eigenvalue weighted by atomic mass is 16.7. The Labute approximate surface area is 106 Å². The topological polar surface area (TPSA) is 55.8 Å². The lowest BCUT2D eigenvalue weighted by Crippen LogP contribution is -2.41. The maximum absolute atomic E-state index is 11.7. The molecule has 5 nitrogen and oxygen atoms in total. The summed E-state index contributed by atoms with van der Waals surface area (Å²) in [6, 6.07) is 0. The fourth-order valence-electron chi connectivity index (χ4n) is 2.02. The summed E-state index contributed by atoms with van der Waals surface area (Å²) in [5.74, 6) is -2.44. The molecule has 0 aromatic heterocycles. The van der Waals surface area contributed by atoms with Gasteiger partial charge in [0.25, 0.3) is 5.79 Å². The van der Waals surface area contributed by atoms with Crippen LogP contribution >= 0.6 is 0 Å². The predicted molar refractivity (Wildman–Crippen MR) is 64.3 cm³/mol. The number of cyclic esters (lactones) is 2. The predicted octanol–water partition coefficient (Wildman–Crippen LogP) is 1.36. The van der Waals surface area contributed by atoms with E-state index in [4.69, 9.17) is 9.47 Å². The van der Waals surface area contributed by atoms with E-state index in [0.29, 0.717) is 0 Å². The first-order valence-corrected chi connectivity index (χ1v) is 5.98. The number of hydrogen-bond acceptors (Lipinski definition) is 5. The van der Waals surface area contributed by atoms with Crippen LogP contribution in [0.1, 0.15) is 26.7 Å². The molecule has 2 rings (SSSR count). The smallest absolute Gasteiger partial charge is 0.348 e. The molecule has 0 aliphatic carbocycles. The fraction of sp³-hybridized carbons (Fsp3) is 0.538. The zero-order chi connectivity index (χ0) is 13.3. The van der Waals surface area contributed by atoms with E-state index in [1.807, 2.05) is 7.05 Å². The molecule has 2 aliphatic rings. The van der Waals surface area contributed by atoms with Gasteiger partial charge in [-0.15, -0.1) is 0 Å². The summed E-state index contributed by atoms with van der Waals surface area (Å²) in [7, 11) is 1.98. The first-order valence-electron chi connectivity index (χ1n) is 5.98. The lowest BCUT2D eigenvalue weighted by molar-refractivity contribution is -0.222. The van der Waals surface area contributed by atoms with Gasteiger partial charge in [-0.2, -0.15) is 0 Å². The normalized spacial score (nSPS) is 25.2. The van der Waals surface area contributed by atoms with Gasteiger partial charge in [0.2, 0.25) is 0 Å². The van der Waals surface area contributed by atoms with Gasteiger partial charge in [-0.1, -0.05) is 0 Å². The van der Waals surface area contributed by atoms with Crippen molar-refractivity contribution in [1.29, 1.82) is 0 Å². The van der Waals surface area contributed by atoms with Gasteiger partial charge >= 0.3 is 11.9 Å². The third kappa shape index (κ3) is 2.55. The molecule has 0 atom stereocenters. The van der Waals surface area contributed by atoms with Gasteiger partial charge in [0.05, 0.1) is 0 Å². The number of esters is 2. The van der Waals surface area contributed by atoms with E-state index >= 15 is 0 Å². The number of allylic oxidation sites excluding steroid dienone is 3. The Bertz CT molecular complexity index is 426. The third-order valence-electron chi connectivity index (χ3n) is 2.98. The summed E-state index contributed by atoms with van der Waals surface area (Å²) in [4.78, 5) is 25.4. The molecule has 2 fully saturated rings. The van der Waals surface area contributed by atoms with Crippen molar-refractivity contribution in [2.75, 3.05) is 13.6 Å². The standard InChI is InChI=1S/C13H17NO4/c1-13(2)17-11(15)10(12(16)18-13)7-6-9-5-4-8-14(9)3/h6-7H,4-5,8H2,1-3H3/b9-6-. The Kier molecular flexibility index (Phi) is 3.15. The average Bonchev–Trinajstić information content (AvgIpc) is 2.61. The van der Waals surface area contributed by atoms with Crippen molar-refractivity contribution in [2.45, 2.75) is 32.5 Å². The molecule has 0 radical (unpaired) electrons. The minimum absolute atomic E-state index is 0.0536. The van der Waals surface area contributed by atoms with E-state index < -0.39 is 17.7 Å². The van der Waals surface area contributed by atoms with E-state index in [9.17, 15) is 9.59 Å². The quantitative estimate of drug-likeness (QED) is 0.400. The molecule has 2 heterocycles. The van der Waals surface area contributed by atoms with Gasteiger partial charge in [0.15, 0.2) is 0 Å². The molecule has 2 saturated heterocycles. The van der Waals surface area contributed by atoms with E-state index in [2.05, 4.69) is 4.90 Å². The molecule has 0 saturated carbocycles. The van der Waals surface area contributed by atoms with Crippen molar-refractivity contribution < 1.29 is 19.1 Å². The van der Waals surface area contributed by atoms with Gasteiger partial charge in [0, 0.05) is 33.1 Å². The van der Waals surface area contributed by atoms with E-state index in [1.54, 1.807) is 6.08 Å². The second kappa shape index (κ2) is 4.48.